The second kappa shape index (κ2) is 5.46. The first-order valence-corrected chi connectivity index (χ1v) is 6.11. The molecule has 9 heteroatoms. The highest BCUT2D eigenvalue weighted by atomic mass is 16.6. The fourth-order valence-electron chi connectivity index (χ4n) is 2.36. The number of rotatable bonds is 4. The van der Waals surface area contributed by atoms with Crippen LogP contribution in [0.2, 0.25) is 0 Å². The topological polar surface area (TPSA) is 151 Å². The summed E-state index contributed by atoms with van der Waals surface area (Å²) in [5.41, 5.74) is 2.60. The molecule has 4 atom stereocenters. The second-order valence-corrected chi connectivity index (χ2v) is 4.72. The Morgan fingerprint density at radius 3 is 2.70 bits per heavy atom. The molecular formula is C11H17N3O6. The molecular weight excluding hydrogens is 270 g/mol. The summed E-state index contributed by atoms with van der Waals surface area (Å²) in [7, 11) is 0. The number of nitrogens with two attached hydrogens (primary N) is 1. The van der Waals surface area contributed by atoms with Gasteiger partial charge in [0, 0.05) is 12.3 Å². The summed E-state index contributed by atoms with van der Waals surface area (Å²) < 4.78 is 6.43. The van der Waals surface area contributed by atoms with Gasteiger partial charge in [0.25, 0.3) is 5.56 Å². The number of hydrogen-bond acceptors (Lipinski definition) is 7. The number of aromatic amines is 1. The van der Waals surface area contributed by atoms with Crippen molar-refractivity contribution in [2.75, 3.05) is 13.2 Å². The minimum absolute atomic E-state index is 0.107. The van der Waals surface area contributed by atoms with Crippen molar-refractivity contribution < 1.29 is 20.1 Å². The van der Waals surface area contributed by atoms with Crippen LogP contribution in [0.5, 0.6) is 0 Å². The number of nitrogens with zero attached hydrogens (tertiary/aromatic N) is 1. The van der Waals surface area contributed by atoms with Crippen LogP contribution in [0.15, 0.2) is 21.9 Å². The average molecular weight is 287 g/mol. The fraction of sp³-hybridized carbons (Fsp3) is 0.636. The van der Waals surface area contributed by atoms with Crippen molar-refractivity contribution in [2.45, 2.75) is 30.5 Å². The molecule has 1 aromatic rings. The summed E-state index contributed by atoms with van der Waals surface area (Å²) in [6.45, 7) is -0.436. The SMILES string of the molecule is NCC[C@@]1(CO)O[C@H](n2ccc(=O)[nH]c2=O)C(O)C1O. The molecule has 0 aliphatic carbocycles. The molecule has 9 nitrogen and oxygen atoms in total. The minimum Gasteiger partial charge on any atom is -0.393 e. The summed E-state index contributed by atoms with van der Waals surface area (Å²) in [5.74, 6) is 0. The lowest BCUT2D eigenvalue weighted by molar-refractivity contribution is -0.131. The van der Waals surface area contributed by atoms with Crippen LogP contribution in [-0.4, -0.2) is 55.8 Å². The third kappa shape index (κ3) is 2.30. The van der Waals surface area contributed by atoms with E-state index < -0.39 is 41.9 Å². The molecule has 1 saturated heterocycles. The molecule has 1 aliphatic rings. The summed E-state index contributed by atoms with van der Waals surface area (Å²) in [6.07, 6.45) is -2.79. The fourth-order valence-corrected chi connectivity index (χ4v) is 2.36. The van der Waals surface area contributed by atoms with Gasteiger partial charge in [0.1, 0.15) is 17.8 Å². The number of nitrogens with one attached hydrogen (secondary N) is 1. The zero-order chi connectivity index (χ0) is 14.9. The molecule has 0 bridgehead atoms. The Kier molecular flexibility index (Phi) is 4.06. The van der Waals surface area contributed by atoms with E-state index in [1.54, 1.807) is 0 Å². The molecule has 2 heterocycles. The average Bonchev–Trinajstić information content (AvgIpc) is 2.65. The molecule has 0 spiro atoms. The molecule has 6 N–H and O–H groups in total. The van der Waals surface area contributed by atoms with E-state index in [2.05, 4.69) is 0 Å². The van der Waals surface area contributed by atoms with Crippen molar-refractivity contribution >= 4 is 0 Å². The van der Waals surface area contributed by atoms with E-state index in [4.69, 9.17) is 10.5 Å². The number of hydrogen-bond donors (Lipinski definition) is 5. The lowest BCUT2D eigenvalue weighted by atomic mass is 9.92. The number of aliphatic hydroxyl groups is 3. The van der Waals surface area contributed by atoms with Gasteiger partial charge in [-0.1, -0.05) is 0 Å². The molecule has 2 rings (SSSR count). The summed E-state index contributed by atoms with van der Waals surface area (Å²) in [4.78, 5) is 24.7. The molecule has 1 fully saturated rings. The largest absolute Gasteiger partial charge is 0.393 e. The van der Waals surface area contributed by atoms with Gasteiger partial charge in [0.2, 0.25) is 0 Å². The van der Waals surface area contributed by atoms with Gasteiger partial charge in [-0.05, 0) is 13.0 Å². The third-order valence-corrected chi connectivity index (χ3v) is 3.47. The zero-order valence-corrected chi connectivity index (χ0v) is 10.6. The summed E-state index contributed by atoms with van der Waals surface area (Å²) in [6, 6.07) is 1.09. The summed E-state index contributed by atoms with van der Waals surface area (Å²) in [5, 5.41) is 29.5. The van der Waals surface area contributed by atoms with E-state index in [0.717, 1.165) is 16.8 Å². The van der Waals surface area contributed by atoms with Gasteiger partial charge in [-0.3, -0.25) is 14.3 Å². The minimum atomic E-state index is -1.44. The maximum Gasteiger partial charge on any atom is 0.330 e. The Morgan fingerprint density at radius 1 is 1.45 bits per heavy atom. The Labute approximate surface area is 113 Å². The molecule has 0 saturated carbocycles. The van der Waals surface area contributed by atoms with E-state index >= 15 is 0 Å². The second-order valence-electron chi connectivity index (χ2n) is 4.72. The number of ether oxygens (including phenoxy) is 1. The lowest BCUT2D eigenvalue weighted by Crippen LogP contribution is -2.47. The van der Waals surface area contributed by atoms with Gasteiger partial charge in [0.15, 0.2) is 6.23 Å². The highest BCUT2D eigenvalue weighted by molar-refractivity contribution is 5.02. The molecule has 0 radical (unpaired) electrons. The Morgan fingerprint density at radius 2 is 2.15 bits per heavy atom. The number of H-pyrrole nitrogens is 1. The van der Waals surface area contributed by atoms with Crippen molar-refractivity contribution in [3.8, 4) is 0 Å². The van der Waals surface area contributed by atoms with Crippen molar-refractivity contribution in [3.05, 3.63) is 33.1 Å². The molecule has 2 unspecified atom stereocenters. The standard InChI is InChI=1S/C11H17N3O6/c12-3-2-11(5-15)8(18)7(17)9(20-11)14-4-1-6(16)13-10(14)19/h1,4,7-9,15,17-18H,2-3,5,12H2,(H,13,16,19)/t7?,8?,9-,11-/m0/s1. The van der Waals surface area contributed by atoms with Crippen molar-refractivity contribution in [1.29, 1.82) is 0 Å². The Balaban J connectivity index is 2.39. The smallest absolute Gasteiger partial charge is 0.330 e. The van der Waals surface area contributed by atoms with E-state index in [1.165, 1.54) is 0 Å². The molecule has 20 heavy (non-hydrogen) atoms. The van der Waals surface area contributed by atoms with E-state index in [1.807, 2.05) is 4.98 Å². The number of aromatic nitrogens is 2. The van der Waals surface area contributed by atoms with Crippen molar-refractivity contribution in [1.82, 2.24) is 9.55 Å². The number of aliphatic hydroxyl groups excluding tert-OH is 3. The zero-order valence-electron chi connectivity index (χ0n) is 10.6. The van der Waals surface area contributed by atoms with Gasteiger partial charge in [-0.25, -0.2) is 4.79 Å². The quantitative estimate of drug-likeness (QED) is 0.392. The first-order valence-electron chi connectivity index (χ1n) is 6.11. The van der Waals surface area contributed by atoms with Gasteiger partial charge in [-0.2, -0.15) is 0 Å². The van der Waals surface area contributed by atoms with Crippen molar-refractivity contribution in [2.24, 2.45) is 5.73 Å². The van der Waals surface area contributed by atoms with Gasteiger partial charge < -0.3 is 25.8 Å². The first kappa shape index (κ1) is 14.9. The van der Waals surface area contributed by atoms with E-state index in [9.17, 15) is 24.9 Å². The molecule has 0 amide bonds. The van der Waals surface area contributed by atoms with E-state index in [-0.39, 0.29) is 13.0 Å². The Bertz CT molecular complexity index is 584. The molecule has 1 aromatic heterocycles. The molecule has 0 aromatic carbocycles. The normalized spacial score (nSPS) is 33.5. The lowest BCUT2D eigenvalue weighted by Gasteiger charge is -2.29. The van der Waals surface area contributed by atoms with Crippen LogP contribution in [0.4, 0.5) is 0 Å². The highest BCUT2D eigenvalue weighted by Crippen LogP contribution is 2.38. The maximum atomic E-state index is 11.7. The van der Waals surface area contributed by atoms with Gasteiger partial charge in [0.05, 0.1) is 6.61 Å². The van der Waals surface area contributed by atoms with Crippen LogP contribution >= 0.6 is 0 Å². The summed E-state index contributed by atoms with van der Waals surface area (Å²) >= 11 is 0. The Hall–Kier alpha value is -1.52. The van der Waals surface area contributed by atoms with Crippen molar-refractivity contribution in [3.63, 3.8) is 0 Å². The van der Waals surface area contributed by atoms with Crippen LogP contribution in [0.3, 0.4) is 0 Å². The predicted molar refractivity (Wildman–Crippen MR) is 66.9 cm³/mol. The van der Waals surface area contributed by atoms with Gasteiger partial charge >= 0.3 is 5.69 Å². The van der Waals surface area contributed by atoms with Crippen LogP contribution in [0, 0.1) is 0 Å². The molecule has 1 aliphatic heterocycles. The maximum absolute atomic E-state index is 11.7. The van der Waals surface area contributed by atoms with Gasteiger partial charge in [-0.15, -0.1) is 0 Å². The molecule has 112 valence electrons. The van der Waals surface area contributed by atoms with E-state index in [0.29, 0.717) is 0 Å². The highest BCUT2D eigenvalue weighted by Gasteiger charge is 2.54. The monoisotopic (exact) mass is 287 g/mol. The van der Waals surface area contributed by atoms with Crippen LogP contribution < -0.4 is 17.0 Å². The van der Waals surface area contributed by atoms with Crippen LogP contribution in [0.25, 0.3) is 0 Å². The first-order chi connectivity index (χ1) is 9.45. The third-order valence-electron chi connectivity index (χ3n) is 3.47. The predicted octanol–water partition coefficient (Wildman–Crippen LogP) is -3.13. The van der Waals surface area contributed by atoms with Crippen LogP contribution in [-0.2, 0) is 4.74 Å². The van der Waals surface area contributed by atoms with Crippen LogP contribution in [0.1, 0.15) is 12.6 Å².